The Labute approximate surface area is 181 Å². The zero-order valence-electron chi connectivity index (χ0n) is 17.0. The lowest BCUT2D eigenvalue weighted by Gasteiger charge is -2.40. The minimum absolute atomic E-state index is 0.143. The molecule has 0 radical (unpaired) electrons. The highest BCUT2D eigenvalue weighted by Gasteiger charge is 2.49. The van der Waals surface area contributed by atoms with Crippen molar-refractivity contribution in [3.05, 3.63) is 50.5 Å². The van der Waals surface area contributed by atoms with Crippen LogP contribution in [0.25, 0.3) is 17.0 Å². The number of H-pyrrole nitrogens is 1. The van der Waals surface area contributed by atoms with Gasteiger partial charge in [-0.05, 0) is 55.1 Å². The van der Waals surface area contributed by atoms with Crippen molar-refractivity contribution in [1.82, 2.24) is 24.5 Å². The van der Waals surface area contributed by atoms with Crippen LogP contribution in [0, 0.1) is 0 Å². The Kier molecular flexibility index (Phi) is 4.12. The van der Waals surface area contributed by atoms with E-state index in [4.69, 9.17) is 9.72 Å². The number of nitrogens with zero attached hydrogens (tertiary/aromatic N) is 4. The van der Waals surface area contributed by atoms with Gasteiger partial charge in [-0.3, -0.25) is 9.89 Å². The maximum atomic E-state index is 13.5. The number of nitrogens with one attached hydrogen (secondary N) is 1. The Hall–Kier alpha value is -2.68. The maximum absolute atomic E-state index is 13.5. The fourth-order valence-corrected chi connectivity index (χ4v) is 5.01. The third-order valence-corrected chi connectivity index (χ3v) is 6.27. The van der Waals surface area contributed by atoms with E-state index in [1.54, 1.807) is 4.90 Å². The molecule has 0 unspecified atom stereocenters. The van der Waals surface area contributed by atoms with Crippen LogP contribution >= 0.6 is 15.9 Å². The van der Waals surface area contributed by atoms with Crippen LogP contribution in [0.1, 0.15) is 44.7 Å². The predicted octanol–water partition coefficient (Wildman–Crippen LogP) is 3.48. The van der Waals surface area contributed by atoms with Crippen LogP contribution < -0.4 is 5.56 Å². The quantitative estimate of drug-likeness (QED) is 0.541. The first-order chi connectivity index (χ1) is 14.2. The van der Waals surface area contributed by atoms with E-state index in [0.29, 0.717) is 47.7 Å². The van der Waals surface area contributed by atoms with Crippen molar-refractivity contribution in [1.29, 1.82) is 0 Å². The van der Waals surface area contributed by atoms with E-state index < -0.39 is 11.0 Å². The van der Waals surface area contributed by atoms with Gasteiger partial charge in [-0.25, -0.2) is 9.78 Å². The lowest BCUT2D eigenvalue weighted by Crippen LogP contribution is -2.48. The molecule has 1 amide bonds. The summed E-state index contributed by atoms with van der Waals surface area (Å²) in [5.41, 5.74) is 2.28. The van der Waals surface area contributed by atoms with Crippen LogP contribution in [-0.2, 0) is 10.2 Å². The van der Waals surface area contributed by atoms with Crippen LogP contribution in [0.4, 0.5) is 4.79 Å². The summed E-state index contributed by atoms with van der Waals surface area (Å²) in [7, 11) is 0. The van der Waals surface area contributed by atoms with Crippen LogP contribution in [-0.4, -0.2) is 49.3 Å². The molecule has 3 aromatic rings. The van der Waals surface area contributed by atoms with Gasteiger partial charge in [0.2, 0.25) is 0 Å². The van der Waals surface area contributed by atoms with Crippen LogP contribution in [0.15, 0.2) is 33.8 Å². The summed E-state index contributed by atoms with van der Waals surface area (Å²) in [6, 6.07) is 8.03. The molecule has 2 aromatic heterocycles. The highest BCUT2D eigenvalue weighted by Crippen LogP contribution is 2.52. The number of fused-ring (bicyclic) bond motifs is 6. The van der Waals surface area contributed by atoms with E-state index in [2.05, 4.69) is 32.1 Å². The van der Waals surface area contributed by atoms with Gasteiger partial charge in [0.25, 0.3) is 11.3 Å². The Morgan fingerprint density at radius 2 is 1.90 bits per heavy atom. The van der Waals surface area contributed by atoms with Crippen LogP contribution in [0.3, 0.4) is 0 Å². The number of rotatable bonds is 0. The van der Waals surface area contributed by atoms with E-state index in [0.717, 1.165) is 11.1 Å². The Morgan fingerprint density at radius 3 is 2.60 bits per heavy atom. The number of likely N-dealkylation sites (tertiary alicyclic amines) is 1. The molecule has 1 aliphatic carbocycles. The molecular weight excluding hydrogens is 450 g/mol. The summed E-state index contributed by atoms with van der Waals surface area (Å²) in [5, 5.41) is 2.92. The molecule has 0 bridgehead atoms. The Morgan fingerprint density at radius 1 is 1.20 bits per heavy atom. The van der Waals surface area contributed by atoms with Crippen molar-refractivity contribution < 1.29 is 9.53 Å². The molecule has 9 heteroatoms. The summed E-state index contributed by atoms with van der Waals surface area (Å²) >= 11 is 3.29. The summed E-state index contributed by atoms with van der Waals surface area (Å²) < 4.78 is 7.38. The zero-order chi connectivity index (χ0) is 21.3. The number of piperidine rings is 1. The first kappa shape index (κ1) is 19.3. The number of halogens is 1. The lowest BCUT2D eigenvalue weighted by atomic mass is 9.71. The van der Waals surface area contributed by atoms with Gasteiger partial charge in [0.15, 0.2) is 4.73 Å². The first-order valence-electron chi connectivity index (χ1n) is 9.96. The van der Waals surface area contributed by atoms with Gasteiger partial charge < -0.3 is 9.64 Å². The molecule has 0 atom stereocenters. The summed E-state index contributed by atoms with van der Waals surface area (Å²) in [5.74, 6) is 0.337. The highest BCUT2D eigenvalue weighted by molar-refractivity contribution is 9.10. The van der Waals surface area contributed by atoms with Gasteiger partial charge in [-0.1, -0.05) is 24.3 Å². The van der Waals surface area contributed by atoms with E-state index in [1.807, 2.05) is 39.0 Å². The second-order valence-corrected chi connectivity index (χ2v) is 9.64. The lowest BCUT2D eigenvalue weighted by molar-refractivity contribution is 0.0181. The fraction of sp³-hybridized carbons (Fsp3) is 0.429. The minimum Gasteiger partial charge on any atom is -0.444 e. The summed E-state index contributed by atoms with van der Waals surface area (Å²) in [6.45, 7) is 6.61. The van der Waals surface area contributed by atoms with Crippen LogP contribution in [0.5, 0.6) is 0 Å². The molecule has 1 aliphatic heterocycles. The van der Waals surface area contributed by atoms with E-state index in [9.17, 15) is 9.59 Å². The van der Waals surface area contributed by atoms with Gasteiger partial charge >= 0.3 is 6.09 Å². The maximum Gasteiger partial charge on any atom is 0.410 e. The fourth-order valence-electron chi connectivity index (χ4n) is 4.68. The highest BCUT2D eigenvalue weighted by atomic mass is 79.9. The number of ether oxygens (including phenoxy) is 1. The molecule has 1 aromatic carbocycles. The largest absolute Gasteiger partial charge is 0.444 e. The molecule has 5 rings (SSSR count). The molecule has 8 nitrogen and oxygen atoms in total. The monoisotopic (exact) mass is 471 g/mol. The molecular formula is C21H22BrN5O3. The first-order valence-corrected chi connectivity index (χ1v) is 10.8. The van der Waals surface area contributed by atoms with Crippen molar-refractivity contribution in [2.45, 2.75) is 44.6 Å². The molecule has 0 saturated carbocycles. The normalized spacial score (nSPS) is 17.3. The third kappa shape index (κ3) is 2.79. The SMILES string of the molecule is CC(C)(C)OC(=O)N1CCC2(CC1)c1ccccc1-c1nc3nc(Br)[nH]n3c(=O)c12. The third-order valence-electron chi connectivity index (χ3n) is 5.91. The number of amides is 1. The zero-order valence-corrected chi connectivity index (χ0v) is 18.6. The average molecular weight is 472 g/mol. The number of benzene rings is 1. The number of hydrogen-bond donors (Lipinski definition) is 1. The van der Waals surface area contributed by atoms with Gasteiger partial charge in [0, 0.05) is 24.1 Å². The van der Waals surface area contributed by atoms with Crippen molar-refractivity contribution in [2.24, 2.45) is 0 Å². The van der Waals surface area contributed by atoms with E-state index >= 15 is 0 Å². The van der Waals surface area contributed by atoms with Gasteiger partial charge in [-0.2, -0.15) is 9.50 Å². The van der Waals surface area contributed by atoms with E-state index in [-0.39, 0.29) is 11.7 Å². The summed E-state index contributed by atoms with van der Waals surface area (Å²) in [4.78, 5) is 36.8. The Balaban J connectivity index is 1.60. The standard InChI is InChI=1S/C21H22BrN5O3/c1-20(2,3)30-19(29)26-10-8-21(9-11-26)13-7-5-4-6-12(13)15-14(21)16(28)27-18(23-15)24-17(22)25-27/h4-7H,8-11H2,1-3H3,(H,23,24,25). The topological polar surface area (TPSA) is 92.6 Å². The van der Waals surface area contributed by atoms with Crippen LogP contribution in [0.2, 0.25) is 0 Å². The van der Waals surface area contributed by atoms with Crippen molar-refractivity contribution >= 4 is 27.8 Å². The van der Waals surface area contributed by atoms with Gasteiger partial charge in [0.1, 0.15) is 5.60 Å². The van der Waals surface area contributed by atoms with Gasteiger partial charge in [-0.15, -0.1) is 0 Å². The van der Waals surface area contributed by atoms with Gasteiger partial charge in [0.05, 0.1) is 11.3 Å². The number of carbonyl (C=O) groups excluding carboxylic acids is 1. The minimum atomic E-state index is -0.541. The number of hydrogen-bond acceptors (Lipinski definition) is 5. The van der Waals surface area contributed by atoms with Crippen molar-refractivity contribution in [3.63, 3.8) is 0 Å². The molecule has 1 saturated heterocycles. The molecule has 1 N–H and O–H groups in total. The Bertz CT molecular complexity index is 1230. The number of aromatic amines is 1. The molecule has 1 spiro atoms. The number of carbonyl (C=O) groups is 1. The predicted molar refractivity (Wildman–Crippen MR) is 115 cm³/mol. The number of aromatic nitrogens is 4. The molecule has 2 aliphatic rings. The molecule has 3 heterocycles. The molecule has 1 fully saturated rings. The second-order valence-electron chi connectivity index (χ2n) is 8.89. The smallest absolute Gasteiger partial charge is 0.410 e. The van der Waals surface area contributed by atoms with E-state index in [1.165, 1.54) is 4.52 Å². The molecule has 30 heavy (non-hydrogen) atoms. The summed E-state index contributed by atoms with van der Waals surface area (Å²) in [6.07, 6.45) is 0.954. The van der Waals surface area contributed by atoms with Crippen molar-refractivity contribution in [2.75, 3.05) is 13.1 Å². The second kappa shape index (κ2) is 6.41. The molecule has 156 valence electrons. The van der Waals surface area contributed by atoms with Crippen molar-refractivity contribution in [3.8, 4) is 11.3 Å². The average Bonchev–Trinajstić information content (AvgIpc) is 3.18.